The van der Waals surface area contributed by atoms with Gasteiger partial charge in [-0.05, 0) is 37.3 Å². The lowest BCUT2D eigenvalue weighted by molar-refractivity contribution is 0.0944. The van der Waals surface area contributed by atoms with E-state index in [1.807, 2.05) is 11.8 Å². The number of hydrogen-bond acceptors (Lipinski definition) is 3. The lowest BCUT2D eigenvalue weighted by Gasteiger charge is -2.40. The van der Waals surface area contributed by atoms with Crippen molar-refractivity contribution in [1.29, 1.82) is 0 Å². The van der Waals surface area contributed by atoms with Crippen LogP contribution in [-0.4, -0.2) is 23.5 Å². The molecule has 1 aliphatic rings. The second-order valence-electron chi connectivity index (χ2n) is 4.59. The van der Waals surface area contributed by atoms with Crippen LogP contribution in [0.4, 0.5) is 0 Å². The van der Waals surface area contributed by atoms with E-state index in [-0.39, 0.29) is 10.7 Å². The SMILES string of the molecule is CSC1(CNC(=O)c2cc(S)ccc2Cl)CCC1. The summed E-state index contributed by atoms with van der Waals surface area (Å²) in [6.45, 7) is 0.708. The Labute approximate surface area is 122 Å². The number of nitrogens with one attached hydrogen (secondary N) is 1. The minimum Gasteiger partial charge on any atom is -0.351 e. The first-order valence-corrected chi connectivity index (χ1v) is 7.93. The van der Waals surface area contributed by atoms with Gasteiger partial charge in [0.25, 0.3) is 5.91 Å². The van der Waals surface area contributed by atoms with Crippen molar-refractivity contribution in [3.63, 3.8) is 0 Å². The Hall–Kier alpha value is -0.320. The number of hydrogen-bond donors (Lipinski definition) is 2. The fraction of sp³-hybridized carbons (Fsp3) is 0.462. The summed E-state index contributed by atoms with van der Waals surface area (Å²) < 4.78 is 0.237. The van der Waals surface area contributed by atoms with Crippen LogP contribution < -0.4 is 5.32 Å². The van der Waals surface area contributed by atoms with E-state index in [1.165, 1.54) is 19.3 Å². The van der Waals surface area contributed by atoms with Crippen LogP contribution >= 0.6 is 36.0 Å². The van der Waals surface area contributed by atoms with Crippen molar-refractivity contribution in [1.82, 2.24) is 5.32 Å². The van der Waals surface area contributed by atoms with Gasteiger partial charge in [-0.3, -0.25) is 4.79 Å². The minimum atomic E-state index is -0.115. The fourth-order valence-electron chi connectivity index (χ4n) is 2.05. The van der Waals surface area contributed by atoms with Crippen molar-refractivity contribution in [2.24, 2.45) is 0 Å². The Balaban J connectivity index is 2.01. The summed E-state index contributed by atoms with van der Waals surface area (Å²) in [5, 5.41) is 3.45. The van der Waals surface area contributed by atoms with Crippen molar-refractivity contribution in [3.8, 4) is 0 Å². The maximum Gasteiger partial charge on any atom is 0.252 e. The van der Waals surface area contributed by atoms with Gasteiger partial charge in [0.15, 0.2) is 0 Å². The molecule has 0 unspecified atom stereocenters. The molecule has 0 radical (unpaired) electrons. The van der Waals surface area contributed by atoms with Gasteiger partial charge >= 0.3 is 0 Å². The van der Waals surface area contributed by atoms with Crippen molar-refractivity contribution in [2.45, 2.75) is 28.9 Å². The summed E-state index contributed by atoms with van der Waals surface area (Å²) >= 11 is 12.1. The molecule has 1 aromatic rings. The van der Waals surface area contributed by atoms with Crippen molar-refractivity contribution in [3.05, 3.63) is 28.8 Å². The number of halogens is 1. The lowest BCUT2D eigenvalue weighted by atomic mass is 9.84. The highest BCUT2D eigenvalue weighted by molar-refractivity contribution is 8.00. The van der Waals surface area contributed by atoms with E-state index >= 15 is 0 Å². The first-order chi connectivity index (χ1) is 8.56. The molecule has 98 valence electrons. The van der Waals surface area contributed by atoms with E-state index < -0.39 is 0 Å². The number of carbonyl (C=O) groups is 1. The van der Waals surface area contributed by atoms with Gasteiger partial charge in [0.2, 0.25) is 0 Å². The summed E-state index contributed by atoms with van der Waals surface area (Å²) in [7, 11) is 0. The monoisotopic (exact) mass is 301 g/mol. The smallest absolute Gasteiger partial charge is 0.252 e. The summed E-state index contributed by atoms with van der Waals surface area (Å²) in [5.41, 5.74) is 0.500. The molecule has 5 heteroatoms. The van der Waals surface area contributed by atoms with Gasteiger partial charge in [0.1, 0.15) is 0 Å². The van der Waals surface area contributed by atoms with Crippen LogP contribution in [0, 0.1) is 0 Å². The van der Waals surface area contributed by atoms with Gasteiger partial charge < -0.3 is 5.32 Å². The van der Waals surface area contributed by atoms with Gasteiger partial charge in [-0.2, -0.15) is 11.8 Å². The Morgan fingerprint density at radius 3 is 2.83 bits per heavy atom. The highest BCUT2D eigenvalue weighted by Crippen LogP contribution is 2.42. The van der Waals surface area contributed by atoms with E-state index in [1.54, 1.807) is 18.2 Å². The normalized spacial score (nSPS) is 17.1. The van der Waals surface area contributed by atoms with Crippen LogP contribution in [0.1, 0.15) is 29.6 Å². The molecular formula is C13H16ClNOS2. The predicted octanol–water partition coefficient (Wildman–Crippen LogP) is 3.64. The van der Waals surface area contributed by atoms with E-state index in [0.717, 1.165) is 4.90 Å². The van der Waals surface area contributed by atoms with Gasteiger partial charge in [-0.1, -0.05) is 18.0 Å². The average molecular weight is 302 g/mol. The molecule has 1 aromatic carbocycles. The molecule has 1 fully saturated rings. The summed E-state index contributed by atoms with van der Waals surface area (Å²) in [6, 6.07) is 5.18. The zero-order chi connectivity index (χ0) is 13.2. The van der Waals surface area contributed by atoms with Crippen molar-refractivity contribution < 1.29 is 4.79 Å². The minimum absolute atomic E-state index is 0.115. The molecule has 0 aromatic heterocycles. The molecule has 0 spiro atoms. The van der Waals surface area contributed by atoms with E-state index in [0.29, 0.717) is 17.1 Å². The number of amides is 1. The molecule has 1 N–H and O–H groups in total. The number of carbonyl (C=O) groups excluding carboxylic acids is 1. The number of thiol groups is 1. The Bertz CT molecular complexity index is 455. The molecule has 1 aliphatic carbocycles. The molecule has 0 aliphatic heterocycles. The highest BCUT2D eigenvalue weighted by Gasteiger charge is 2.36. The Morgan fingerprint density at radius 1 is 1.56 bits per heavy atom. The third-order valence-corrected chi connectivity index (χ3v) is 5.49. The van der Waals surface area contributed by atoms with Crippen LogP contribution in [-0.2, 0) is 0 Å². The van der Waals surface area contributed by atoms with Crippen LogP contribution in [0.2, 0.25) is 5.02 Å². The van der Waals surface area contributed by atoms with Crippen molar-refractivity contribution >= 4 is 41.9 Å². The van der Waals surface area contributed by atoms with Gasteiger partial charge in [0, 0.05) is 16.2 Å². The molecule has 18 heavy (non-hydrogen) atoms. The maximum atomic E-state index is 12.1. The molecular weight excluding hydrogens is 286 g/mol. The zero-order valence-electron chi connectivity index (χ0n) is 10.2. The highest BCUT2D eigenvalue weighted by atomic mass is 35.5. The Kier molecular flexibility index (Phi) is 4.51. The van der Waals surface area contributed by atoms with Crippen LogP contribution in [0.25, 0.3) is 0 Å². The fourth-order valence-corrected chi connectivity index (χ4v) is 3.37. The van der Waals surface area contributed by atoms with E-state index in [4.69, 9.17) is 11.6 Å². The molecule has 1 amide bonds. The molecule has 2 nitrogen and oxygen atoms in total. The molecule has 1 saturated carbocycles. The zero-order valence-corrected chi connectivity index (χ0v) is 12.7. The molecule has 2 rings (SSSR count). The standard InChI is InChI=1S/C13H16ClNOS2/c1-18-13(5-2-6-13)8-15-12(16)10-7-9(17)3-4-11(10)14/h3-4,7,17H,2,5-6,8H2,1H3,(H,15,16). The van der Waals surface area contributed by atoms with Gasteiger partial charge in [-0.25, -0.2) is 0 Å². The van der Waals surface area contributed by atoms with E-state index in [9.17, 15) is 4.79 Å². The molecule has 0 atom stereocenters. The summed E-state index contributed by atoms with van der Waals surface area (Å²) in [5.74, 6) is -0.115. The molecule has 0 bridgehead atoms. The summed E-state index contributed by atoms with van der Waals surface area (Å²) in [6.07, 6.45) is 5.71. The van der Waals surface area contributed by atoms with Crippen LogP contribution in [0.5, 0.6) is 0 Å². The lowest BCUT2D eigenvalue weighted by Crippen LogP contribution is -2.45. The molecule has 0 saturated heterocycles. The van der Waals surface area contributed by atoms with Crippen LogP contribution in [0.3, 0.4) is 0 Å². The number of benzene rings is 1. The molecule has 0 heterocycles. The predicted molar refractivity (Wildman–Crippen MR) is 81.1 cm³/mol. The average Bonchev–Trinajstić information content (AvgIpc) is 2.31. The first kappa shape index (κ1) is 14.1. The largest absolute Gasteiger partial charge is 0.351 e. The first-order valence-electron chi connectivity index (χ1n) is 5.88. The van der Waals surface area contributed by atoms with E-state index in [2.05, 4.69) is 24.2 Å². The number of rotatable bonds is 4. The second kappa shape index (κ2) is 5.76. The Morgan fingerprint density at radius 2 is 2.28 bits per heavy atom. The van der Waals surface area contributed by atoms with Crippen LogP contribution in [0.15, 0.2) is 23.1 Å². The van der Waals surface area contributed by atoms with Crippen molar-refractivity contribution in [2.75, 3.05) is 12.8 Å². The topological polar surface area (TPSA) is 29.1 Å². The quantitative estimate of drug-likeness (QED) is 0.831. The summed E-state index contributed by atoms with van der Waals surface area (Å²) in [4.78, 5) is 12.8. The third kappa shape index (κ3) is 2.98. The van der Waals surface area contributed by atoms with Gasteiger partial charge in [-0.15, -0.1) is 12.6 Å². The maximum absolute atomic E-state index is 12.1. The van der Waals surface area contributed by atoms with Gasteiger partial charge in [0.05, 0.1) is 10.6 Å². The third-order valence-electron chi connectivity index (χ3n) is 3.46. The number of thioether (sulfide) groups is 1. The second-order valence-corrected chi connectivity index (χ2v) is 6.79.